The van der Waals surface area contributed by atoms with Crippen molar-refractivity contribution in [3.05, 3.63) is 83.8 Å². The van der Waals surface area contributed by atoms with Crippen molar-refractivity contribution < 1.29 is 9.21 Å². The molecule has 0 aliphatic rings. The van der Waals surface area contributed by atoms with Crippen LogP contribution in [0.1, 0.15) is 16.2 Å². The van der Waals surface area contributed by atoms with Crippen molar-refractivity contribution in [2.45, 2.75) is 6.54 Å². The van der Waals surface area contributed by atoms with Crippen LogP contribution >= 0.6 is 11.3 Å². The van der Waals surface area contributed by atoms with E-state index in [4.69, 9.17) is 4.42 Å². The van der Waals surface area contributed by atoms with Crippen LogP contribution in [-0.2, 0) is 6.54 Å². The molecule has 0 unspecified atom stereocenters. The molecule has 130 valence electrons. The Kier molecular flexibility index (Phi) is 4.41. The van der Waals surface area contributed by atoms with E-state index in [1.165, 1.54) is 0 Å². The summed E-state index contributed by atoms with van der Waals surface area (Å²) in [6.07, 6.45) is 1.61. The van der Waals surface area contributed by atoms with Gasteiger partial charge in [0, 0.05) is 7.05 Å². The zero-order chi connectivity index (χ0) is 17.9. The number of rotatable bonds is 5. The average Bonchev–Trinajstić information content (AvgIpc) is 3.42. The molecule has 0 bridgehead atoms. The third-order valence-electron chi connectivity index (χ3n) is 4.02. The van der Waals surface area contributed by atoms with E-state index >= 15 is 0 Å². The summed E-state index contributed by atoms with van der Waals surface area (Å²) >= 11 is 1.60. The quantitative estimate of drug-likeness (QED) is 0.526. The van der Waals surface area contributed by atoms with Gasteiger partial charge in [-0.1, -0.05) is 24.3 Å². The van der Waals surface area contributed by atoms with E-state index in [1.807, 2.05) is 66.0 Å². The van der Waals surface area contributed by atoms with Crippen molar-refractivity contribution in [2.24, 2.45) is 0 Å². The zero-order valence-corrected chi connectivity index (χ0v) is 15.0. The van der Waals surface area contributed by atoms with Crippen LogP contribution in [0.15, 0.2) is 76.7 Å². The summed E-state index contributed by atoms with van der Waals surface area (Å²) in [5.74, 6) is 0.630. The summed E-state index contributed by atoms with van der Waals surface area (Å²) in [5.41, 5.74) is 2.16. The van der Waals surface area contributed by atoms with Crippen LogP contribution in [0.5, 0.6) is 0 Å². The summed E-state index contributed by atoms with van der Waals surface area (Å²) in [5, 5.41) is 6.68. The van der Waals surface area contributed by atoms with Crippen molar-refractivity contribution in [3.63, 3.8) is 0 Å². The molecule has 0 atom stereocenters. The monoisotopic (exact) mass is 363 g/mol. The lowest BCUT2D eigenvalue weighted by Crippen LogP contribution is -2.28. The minimum absolute atomic E-state index is 0.111. The number of amides is 1. The van der Waals surface area contributed by atoms with E-state index in [1.54, 1.807) is 34.2 Å². The fourth-order valence-electron chi connectivity index (χ4n) is 2.75. The van der Waals surface area contributed by atoms with E-state index in [2.05, 4.69) is 5.10 Å². The highest BCUT2D eigenvalue weighted by molar-refractivity contribution is 7.13. The number of nitrogens with zero attached hydrogens (tertiary/aromatic N) is 3. The highest BCUT2D eigenvalue weighted by Crippen LogP contribution is 2.26. The van der Waals surface area contributed by atoms with Gasteiger partial charge in [-0.05, 0) is 41.8 Å². The van der Waals surface area contributed by atoms with Crippen molar-refractivity contribution in [1.82, 2.24) is 14.7 Å². The molecule has 0 saturated heterocycles. The van der Waals surface area contributed by atoms with Gasteiger partial charge in [0.25, 0.3) is 5.91 Å². The molecule has 0 aliphatic carbocycles. The van der Waals surface area contributed by atoms with E-state index < -0.39 is 0 Å². The molecule has 26 heavy (non-hydrogen) atoms. The fourth-order valence-corrected chi connectivity index (χ4v) is 3.43. The largest absolute Gasteiger partial charge is 0.467 e. The van der Waals surface area contributed by atoms with Crippen LogP contribution in [-0.4, -0.2) is 27.6 Å². The summed E-state index contributed by atoms with van der Waals surface area (Å²) in [4.78, 5) is 15.7. The molecule has 0 aliphatic heterocycles. The molecule has 5 nitrogen and oxygen atoms in total. The zero-order valence-electron chi connectivity index (χ0n) is 14.2. The Morgan fingerprint density at radius 2 is 2.00 bits per heavy atom. The first-order chi connectivity index (χ1) is 12.7. The van der Waals surface area contributed by atoms with Crippen LogP contribution in [0, 0.1) is 0 Å². The molecule has 4 rings (SSSR count). The molecular formula is C20H17N3O2S. The Hall–Kier alpha value is -3.12. The second-order valence-corrected chi connectivity index (χ2v) is 6.83. The fraction of sp³-hybridized carbons (Fsp3) is 0.100. The molecule has 1 aromatic carbocycles. The lowest BCUT2D eigenvalue weighted by atomic mass is 10.2. The van der Waals surface area contributed by atoms with Crippen LogP contribution in [0.3, 0.4) is 0 Å². The Labute approximate surface area is 155 Å². The first kappa shape index (κ1) is 16.4. The topological polar surface area (TPSA) is 51.3 Å². The number of aromatic nitrogens is 2. The Balaban J connectivity index is 1.72. The molecule has 0 radical (unpaired) electrons. The van der Waals surface area contributed by atoms with Gasteiger partial charge in [-0.3, -0.25) is 4.79 Å². The van der Waals surface area contributed by atoms with Gasteiger partial charge in [0.2, 0.25) is 0 Å². The van der Waals surface area contributed by atoms with Crippen molar-refractivity contribution in [3.8, 4) is 16.3 Å². The third-order valence-corrected chi connectivity index (χ3v) is 4.92. The molecule has 1 amide bonds. The van der Waals surface area contributed by atoms with Gasteiger partial charge in [-0.15, -0.1) is 11.3 Å². The number of hydrogen-bond acceptors (Lipinski definition) is 4. The molecule has 3 aromatic heterocycles. The highest BCUT2D eigenvalue weighted by Gasteiger charge is 2.21. The number of thiophene rings is 1. The van der Waals surface area contributed by atoms with Gasteiger partial charge < -0.3 is 9.32 Å². The van der Waals surface area contributed by atoms with Crippen LogP contribution in [0.2, 0.25) is 0 Å². The first-order valence-corrected chi connectivity index (χ1v) is 9.07. The average molecular weight is 363 g/mol. The minimum atomic E-state index is -0.111. The Morgan fingerprint density at radius 3 is 2.69 bits per heavy atom. The maximum Gasteiger partial charge on any atom is 0.272 e. The molecule has 3 heterocycles. The van der Waals surface area contributed by atoms with Crippen molar-refractivity contribution >= 4 is 17.2 Å². The lowest BCUT2D eigenvalue weighted by Gasteiger charge is -2.16. The molecule has 6 heteroatoms. The molecule has 0 N–H and O–H groups in total. The predicted octanol–water partition coefficient (Wildman–Crippen LogP) is 4.47. The lowest BCUT2D eigenvalue weighted by molar-refractivity contribution is 0.0766. The molecule has 0 spiro atoms. The van der Waals surface area contributed by atoms with Crippen LogP contribution < -0.4 is 0 Å². The highest BCUT2D eigenvalue weighted by atomic mass is 32.1. The normalized spacial score (nSPS) is 10.8. The van der Waals surface area contributed by atoms with Crippen LogP contribution in [0.25, 0.3) is 16.3 Å². The Morgan fingerprint density at radius 1 is 1.15 bits per heavy atom. The molecule has 0 fully saturated rings. The predicted molar refractivity (Wildman–Crippen MR) is 101 cm³/mol. The summed E-state index contributed by atoms with van der Waals surface area (Å²) in [6.45, 7) is 0.403. The maximum atomic E-state index is 13.1. The standard InChI is InChI=1S/C20H17N3O2S/c1-22(14-16-9-5-11-25-16)20(24)18-13-17(19-10-6-12-26-19)21-23(18)15-7-3-2-4-8-15/h2-13H,14H2,1H3. The van der Waals surface area contributed by atoms with Gasteiger partial charge >= 0.3 is 0 Å². The van der Waals surface area contributed by atoms with E-state index in [9.17, 15) is 4.79 Å². The SMILES string of the molecule is CN(Cc1ccco1)C(=O)c1cc(-c2cccs2)nn1-c1ccccc1. The van der Waals surface area contributed by atoms with Crippen LogP contribution in [0.4, 0.5) is 0 Å². The van der Waals surface area contributed by atoms with Gasteiger partial charge in [0.05, 0.1) is 23.4 Å². The molecular weight excluding hydrogens is 346 g/mol. The summed E-state index contributed by atoms with van der Waals surface area (Å²) in [7, 11) is 1.76. The number of carbonyl (C=O) groups is 1. The number of carbonyl (C=O) groups excluding carboxylic acids is 1. The third kappa shape index (κ3) is 3.19. The summed E-state index contributed by atoms with van der Waals surface area (Å²) < 4.78 is 7.06. The van der Waals surface area contributed by atoms with Crippen molar-refractivity contribution in [2.75, 3.05) is 7.05 Å². The maximum absolute atomic E-state index is 13.1. The smallest absolute Gasteiger partial charge is 0.272 e. The van der Waals surface area contributed by atoms with Gasteiger partial charge in [0.1, 0.15) is 17.1 Å². The number of hydrogen-bond donors (Lipinski definition) is 0. The second-order valence-electron chi connectivity index (χ2n) is 5.88. The second kappa shape index (κ2) is 7.01. The number of furan rings is 1. The number of para-hydroxylation sites is 1. The minimum Gasteiger partial charge on any atom is -0.467 e. The Bertz CT molecular complexity index is 989. The van der Waals surface area contributed by atoms with Gasteiger partial charge in [0.15, 0.2) is 0 Å². The summed E-state index contributed by atoms with van der Waals surface area (Å²) in [6, 6.07) is 19.2. The van der Waals surface area contributed by atoms with E-state index in [0.717, 1.165) is 22.0 Å². The first-order valence-electron chi connectivity index (χ1n) is 8.19. The van der Waals surface area contributed by atoms with E-state index in [-0.39, 0.29) is 5.91 Å². The molecule has 4 aromatic rings. The van der Waals surface area contributed by atoms with Crippen molar-refractivity contribution in [1.29, 1.82) is 0 Å². The molecule has 0 saturated carbocycles. The van der Waals surface area contributed by atoms with Gasteiger partial charge in [-0.25, -0.2) is 4.68 Å². The van der Waals surface area contributed by atoms with Gasteiger partial charge in [-0.2, -0.15) is 5.10 Å². The van der Waals surface area contributed by atoms with E-state index in [0.29, 0.717) is 12.2 Å². The number of benzene rings is 1.